The van der Waals surface area contributed by atoms with Crippen molar-refractivity contribution in [2.45, 2.75) is 60.3 Å². The lowest BCUT2D eigenvalue weighted by Gasteiger charge is -2.39. The van der Waals surface area contributed by atoms with Gasteiger partial charge in [-0.1, -0.05) is 34.6 Å². The van der Waals surface area contributed by atoms with Gasteiger partial charge in [-0.15, -0.1) is 0 Å². The monoisotopic (exact) mass is 254 g/mol. The Bertz CT molecular complexity index is 333. The molecule has 3 nitrogen and oxygen atoms in total. The molecule has 104 valence electrons. The molecular formula is C15H26O3. The van der Waals surface area contributed by atoms with Crippen LogP contribution in [0.2, 0.25) is 0 Å². The van der Waals surface area contributed by atoms with Gasteiger partial charge in [-0.25, -0.2) is 0 Å². The molecule has 0 N–H and O–H groups in total. The highest BCUT2D eigenvalue weighted by atomic mass is 16.5. The lowest BCUT2D eigenvalue weighted by atomic mass is 9.64. The maximum atomic E-state index is 12.4. The van der Waals surface area contributed by atoms with Crippen molar-refractivity contribution in [1.29, 1.82) is 0 Å². The minimum absolute atomic E-state index is 0.0265. The highest BCUT2D eigenvalue weighted by molar-refractivity contribution is 5.88. The number of hydrogen-bond acceptors (Lipinski definition) is 3. The number of ketones is 1. The van der Waals surface area contributed by atoms with E-state index in [4.69, 9.17) is 4.74 Å². The van der Waals surface area contributed by atoms with Crippen LogP contribution in [0.3, 0.4) is 0 Å². The first kappa shape index (κ1) is 15.2. The smallest absolute Gasteiger partial charge is 0.306 e. The van der Waals surface area contributed by atoms with Gasteiger partial charge >= 0.3 is 5.97 Å². The second-order valence-electron chi connectivity index (χ2n) is 6.33. The lowest BCUT2D eigenvalue weighted by molar-refractivity contribution is -0.152. The van der Waals surface area contributed by atoms with Gasteiger partial charge in [-0.2, -0.15) is 0 Å². The largest absolute Gasteiger partial charge is 0.458 e. The molecule has 0 heterocycles. The van der Waals surface area contributed by atoms with Gasteiger partial charge in [-0.05, 0) is 30.6 Å². The molecule has 0 aromatic heterocycles. The Morgan fingerprint density at radius 2 is 1.89 bits per heavy atom. The fourth-order valence-electron chi connectivity index (χ4n) is 2.81. The molecule has 2 atom stereocenters. The summed E-state index contributed by atoms with van der Waals surface area (Å²) in [4.78, 5) is 23.7. The van der Waals surface area contributed by atoms with Crippen molar-refractivity contribution in [2.24, 2.45) is 16.7 Å². The van der Waals surface area contributed by atoms with Crippen LogP contribution in [-0.4, -0.2) is 18.4 Å². The summed E-state index contributed by atoms with van der Waals surface area (Å²) in [5.41, 5.74) is -0.389. The lowest BCUT2D eigenvalue weighted by Crippen LogP contribution is -2.42. The number of rotatable bonds is 5. The molecule has 0 aromatic rings. The summed E-state index contributed by atoms with van der Waals surface area (Å²) in [5, 5.41) is 0. The van der Waals surface area contributed by atoms with E-state index in [9.17, 15) is 9.59 Å². The summed E-state index contributed by atoms with van der Waals surface area (Å²) in [7, 11) is 0. The third kappa shape index (κ3) is 2.60. The number of ether oxygens (including phenoxy) is 1. The molecule has 0 saturated heterocycles. The molecule has 0 amide bonds. The predicted octanol–water partition coefficient (Wildman–Crippen LogP) is 3.36. The molecule has 1 saturated carbocycles. The predicted molar refractivity (Wildman–Crippen MR) is 71.2 cm³/mol. The first-order valence-electron chi connectivity index (χ1n) is 6.94. The third-order valence-corrected chi connectivity index (χ3v) is 5.17. The fraction of sp³-hybridized carbons (Fsp3) is 0.867. The second kappa shape index (κ2) is 5.41. The maximum absolute atomic E-state index is 12.4. The Morgan fingerprint density at radius 3 is 2.33 bits per heavy atom. The molecule has 3 heteroatoms. The molecule has 1 rings (SSSR count). The Balaban J connectivity index is 2.64. The first-order valence-corrected chi connectivity index (χ1v) is 6.94. The van der Waals surface area contributed by atoms with Gasteiger partial charge in [-0.3, -0.25) is 9.59 Å². The van der Waals surface area contributed by atoms with Crippen LogP contribution in [0.4, 0.5) is 0 Å². The van der Waals surface area contributed by atoms with Gasteiger partial charge in [0.2, 0.25) is 0 Å². The Kier molecular flexibility index (Phi) is 4.57. The third-order valence-electron chi connectivity index (χ3n) is 5.17. The average Bonchev–Trinajstić information content (AvgIpc) is 2.51. The maximum Gasteiger partial charge on any atom is 0.306 e. The van der Waals surface area contributed by atoms with E-state index in [0.717, 1.165) is 19.3 Å². The van der Waals surface area contributed by atoms with Crippen LogP contribution < -0.4 is 0 Å². The molecule has 1 fully saturated rings. The van der Waals surface area contributed by atoms with E-state index in [1.165, 1.54) is 0 Å². The van der Waals surface area contributed by atoms with Crippen LogP contribution >= 0.6 is 0 Å². The first-order chi connectivity index (χ1) is 8.25. The van der Waals surface area contributed by atoms with Gasteiger partial charge in [0, 0.05) is 11.8 Å². The minimum atomic E-state index is -0.362. The van der Waals surface area contributed by atoms with Gasteiger partial charge in [0.1, 0.15) is 0 Å². The summed E-state index contributed by atoms with van der Waals surface area (Å²) in [6, 6.07) is 0. The SMILES string of the molecule is CCCC(=O)OCC(=O)C1(C)CCC(C)C1(C)C. The molecule has 0 aliphatic heterocycles. The summed E-state index contributed by atoms with van der Waals surface area (Å²) < 4.78 is 5.06. The van der Waals surface area contributed by atoms with Crippen LogP contribution in [0.25, 0.3) is 0 Å². The second-order valence-corrected chi connectivity index (χ2v) is 6.33. The van der Waals surface area contributed by atoms with E-state index < -0.39 is 0 Å². The number of carbonyl (C=O) groups is 2. The summed E-state index contributed by atoms with van der Waals surface area (Å²) in [6.45, 7) is 10.4. The summed E-state index contributed by atoms with van der Waals surface area (Å²) in [5.74, 6) is 0.331. The van der Waals surface area contributed by atoms with Crippen molar-refractivity contribution < 1.29 is 14.3 Å². The number of hydrogen-bond donors (Lipinski definition) is 0. The highest BCUT2D eigenvalue weighted by Gasteiger charge is 2.53. The van der Waals surface area contributed by atoms with Crippen molar-refractivity contribution in [1.82, 2.24) is 0 Å². The zero-order chi connectivity index (χ0) is 14.0. The molecule has 18 heavy (non-hydrogen) atoms. The van der Waals surface area contributed by atoms with Crippen molar-refractivity contribution in [3.63, 3.8) is 0 Å². The van der Waals surface area contributed by atoms with E-state index in [0.29, 0.717) is 12.3 Å². The van der Waals surface area contributed by atoms with E-state index in [1.54, 1.807) is 0 Å². The molecule has 0 bridgehead atoms. The fourth-order valence-corrected chi connectivity index (χ4v) is 2.81. The molecule has 1 aliphatic carbocycles. The zero-order valence-corrected chi connectivity index (χ0v) is 12.3. The molecule has 1 aliphatic rings. The Labute approximate surface area is 110 Å². The van der Waals surface area contributed by atoms with Gasteiger partial charge in [0.25, 0.3) is 0 Å². The van der Waals surface area contributed by atoms with Gasteiger partial charge in [0.05, 0.1) is 0 Å². The van der Waals surface area contributed by atoms with Crippen LogP contribution in [-0.2, 0) is 14.3 Å². The van der Waals surface area contributed by atoms with Crippen LogP contribution in [0.1, 0.15) is 60.3 Å². The molecule has 0 radical (unpaired) electrons. The quantitative estimate of drug-likeness (QED) is 0.706. The molecule has 2 unspecified atom stereocenters. The normalized spacial score (nSPS) is 30.2. The zero-order valence-electron chi connectivity index (χ0n) is 12.3. The number of carbonyl (C=O) groups excluding carboxylic acids is 2. The van der Waals surface area contributed by atoms with Crippen LogP contribution in [0, 0.1) is 16.7 Å². The summed E-state index contributed by atoms with van der Waals surface area (Å²) >= 11 is 0. The van der Waals surface area contributed by atoms with Crippen LogP contribution in [0.15, 0.2) is 0 Å². The van der Waals surface area contributed by atoms with E-state index in [2.05, 4.69) is 20.8 Å². The molecule has 0 aromatic carbocycles. The number of esters is 1. The standard InChI is InChI=1S/C15H26O3/c1-6-7-13(17)18-10-12(16)15(5)9-8-11(2)14(15,3)4/h11H,6-10H2,1-5H3. The van der Waals surface area contributed by atoms with Crippen molar-refractivity contribution in [2.75, 3.05) is 6.61 Å². The Morgan fingerprint density at radius 1 is 1.28 bits per heavy atom. The minimum Gasteiger partial charge on any atom is -0.458 e. The Hall–Kier alpha value is -0.860. The molecular weight excluding hydrogens is 228 g/mol. The topological polar surface area (TPSA) is 43.4 Å². The van der Waals surface area contributed by atoms with Crippen molar-refractivity contribution >= 4 is 11.8 Å². The van der Waals surface area contributed by atoms with Crippen molar-refractivity contribution in [3.8, 4) is 0 Å². The van der Waals surface area contributed by atoms with Crippen molar-refractivity contribution in [3.05, 3.63) is 0 Å². The van der Waals surface area contributed by atoms with E-state index in [-0.39, 0.29) is 29.2 Å². The summed E-state index contributed by atoms with van der Waals surface area (Å²) in [6.07, 6.45) is 3.11. The van der Waals surface area contributed by atoms with E-state index in [1.807, 2.05) is 13.8 Å². The van der Waals surface area contributed by atoms with Crippen LogP contribution in [0.5, 0.6) is 0 Å². The van der Waals surface area contributed by atoms with E-state index >= 15 is 0 Å². The molecule has 0 spiro atoms. The average molecular weight is 254 g/mol. The number of Topliss-reactive ketones (excluding diaryl/α,β-unsaturated/α-hetero) is 1. The highest BCUT2D eigenvalue weighted by Crippen LogP contribution is 2.56. The van der Waals surface area contributed by atoms with Gasteiger partial charge < -0.3 is 4.74 Å². The van der Waals surface area contributed by atoms with Gasteiger partial charge in [0.15, 0.2) is 12.4 Å².